The molecule has 0 aromatic heterocycles. The number of rotatable bonds is 3. The van der Waals surface area contributed by atoms with E-state index in [2.05, 4.69) is 5.84 Å². The fraction of sp³-hybridized carbons (Fsp3) is 0.750. The van der Waals surface area contributed by atoms with Crippen LogP contribution in [0.2, 0.25) is 0 Å². The summed E-state index contributed by atoms with van der Waals surface area (Å²) in [5.41, 5.74) is 1.62. The van der Waals surface area contributed by atoms with Gasteiger partial charge in [0.1, 0.15) is 6.10 Å². The van der Waals surface area contributed by atoms with Crippen molar-refractivity contribution in [3.63, 3.8) is 0 Å². The van der Waals surface area contributed by atoms with Crippen molar-refractivity contribution < 1.29 is 20.1 Å². The van der Waals surface area contributed by atoms with Gasteiger partial charge in [0.25, 0.3) is 5.91 Å². The number of aliphatic hydroxyl groups is 3. The van der Waals surface area contributed by atoms with E-state index in [0.29, 0.717) is 0 Å². The Morgan fingerprint density at radius 3 is 2.40 bits per heavy atom. The van der Waals surface area contributed by atoms with Gasteiger partial charge in [0.2, 0.25) is 0 Å². The summed E-state index contributed by atoms with van der Waals surface area (Å²) < 4.78 is 0. The van der Waals surface area contributed by atoms with Crippen LogP contribution in [0.5, 0.6) is 0 Å². The molecule has 1 amide bonds. The molecular weight excluding hydrogens is 140 g/mol. The molecule has 0 rings (SSSR count). The summed E-state index contributed by atoms with van der Waals surface area (Å²) in [6.07, 6.45) is -3.15. The summed E-state index contributed by atoms with van der Waals surface area (Å²) in [4.78, 5) is 10.4. The first-order valence-electron chi connectivity index (χ1n) is 2.61. The molecule has 0 radical (unpaired) electrons. The molecule has 2 atom stereocenters. The van der Waals surface area contributed by atoms with Gasteiger partial charge in [-0.2, -0.15) is 0 Å². The third-order valence-corrected chi connectivity index (χ3v) is 0.962. The van der Waals surface area contributed by atoms with Crippen molar-refractivity contribution >= 4 is 5.91 Å². The third kappa shape index (κ3) is 2.28. The maximum absolute atomic E-state index is 10.4. The Morgan fingerprint density at radius 2 is 2.10 bits per heavy atom. The highest BCUT2D eigenvalue weighted by molar-refractivity contribution is 5.80. The molecule has 0 saturated heterocycles. The van der Waals surface area contributed by atoms with Crippen molar-refractivity contribution in [1.82, 2.24) is 5.43 Å². The lowest BCUT2D eigenvalue weighted by Crippen LogP contribution is -2.46. The van der Waals surface area contributed by atoms with Crippen molar-refractivity contribution in [3.05, 3.63) is 0 Å². The van der Waals surface area contributed by atoms with Gasteiger partial charge >= 0.3 is 0 Å². The summed E-state index contributed by atoms with van der Waals surface area (Å²) in [6.45, 7) is -0.686. The maximum atomic E-state index is 10.4. The van der Waals surface area contributed by atoms with Gasteiger partial charge in [0, 0.05) is 0 Å². The first kappa shape index (κ1) is 9.31. The summed E-state index contributed by atoms with van der Waals surface area (Å²) in [5, 5.41) is 25.5. The number of amides is 1. The minimum atomic E-state index is -1.67. The van der Waals surface area contributed by atoms with E-state index in [9.17, 15) is 4.79 Å². The van der Waals surface area contributed by atoms with Crippen molar-refractivity contribution in [2.45, 2.75) is 12.2 Å². The molecule has 0 saturated carbocycles. The van der Waals surface area contributed by atoms with E-state index in [1.807, 2.05) is 0 Å². The van der Waals surface area contributed by atoms with Gasteiger partial charge in [-0.15, -0.1) is 0 Å². The van der Waals surface area contributed by atoms with Crippen molar-refractivity contribution in [3.8, 4) is 0 Å². The molecule has 0 unspecified atom stereocenters. The van der Waals surface area contributed by atoms with Crippen molar-refractivity contribution in [2.24, 2.45) is 5.84 Å². The second-order valence-corrected chi connectivity index (χ2v) is 1.70. The number of nitrogens with one attached hydrogen (secondary N) is 1. The van der Waals surface area contributed by atoms with Crippen LogP contribution in [-0.2, 0) is 4.79 Å². The number of carbonyl (C=O) groups excluding carboxylic acids is 1. The van der Waals surface area contributed by atoms with E-state index in [4.69, 9.17) is 15.3 Å². The number of nitrogens with two attached hydrogens (primary N) is 1. The molecular formula is C4H10N2O4. The second-order valence-electron chi connectivity index (χ2n) is 1.70. The zero-order chi connectivity index (χ0) is 8.15. The topological polar surface area (TPSA) is 116 Å². The number of hydrogen-bond donors (Lipinski definition) is 5. The van der Waals surface area contributed by atoms with Crippen LogP contribution < -0.4 is 11.3 Å². The number of hydrazine groups is 1. The molecule has 0 spiro atoms. The van der Waals surface area contributed by atoms with Gasteiger partial charge in [0.15, 0.2) is 6.10 Å². The fourth-order valence-corrected chi connectivity index (χ4v) is 0.360. The fourth-order valence-electron chi connectivity index (χ4n) is 0.360. The predicted octanol–water partition coefficient (Wildman–Crippen LogP) is -3.31. The quantitative estimate of drug-likeness (QED) is 0.164. The van der Waals surface area contributed by atoms with Crippen molar-refractivity contribution in [1.29, 1.82) is 0 Å². The molecule has 6 heteroatoms. The smallest absolute Gasteiger partial charge is 0.265 e. The molecule has 0 aliphatic heterocycles. The molecule has 0 aliphatic carbocycles. The van der Waals surface area contributed by atoms with Crippen LogP contribution in [0.25, 0.3) is 0 Å². The zero-order valence-electron chi connectivity index (χ0n) is 5.19. The molecule has 6 nitrogen and oxygen atoms in total. The largest absolute Gasteiger partial charge is 0.394 e. The first-order chi connectivity index (χ1) is 4.63. The lowest BCUT2D eigenvalue weighted by molar-refractivity contribution is -0.136. The molecule has 0 bridgehead atoms. The van der Waals surface area contributed by atoms with Gasteiger partial charge < -0.3 is 15.3 Å². The molecule has 0 fully saturated rings. The van der Waals surface area contributed by atoms with E-state index in [1.54, 1.807) is 5.43 Å². The SMILES string of the molecule is NNC(=O)[C@H](O)[C@H](O)CO. The average molecular weight is 150 g/mol. The van der Waals surface area contributed by atoms with E-state index >= 15 is 0 Å². The molecule has 0 aliphatic rings. The Kier molecular flexibility index (Phi) is 3.89. The van der Waals surface area contributed by atoms with Crippen LogP contribution in [0.15, 0.2) is 0 Å². The van der Waals surface area contributed by atoms with Gasteiger partial charge in [-0.25, -0.2) is 5.84 Å². The third-order valence-electron chi connectivity index (χ3n) is 0.962. The lowest BCUT2D eigenvalue weighted by Gasteiger charge is -2.12. The summed E-state index contributed by atoms with van der Waals surface area (Å²) in [7, 11) is 0. The minimum Gasteiger partial charge on any atom is -0.394 e. The maximum Gasteiger partial charge on any atom is 0.265 e. The van der Waals surface area contributed by atoms with E-state index in [-0.39, 0.29) is 0 Å². The highest BCUT2D eigenvalue weighted by Gasteiger charge is 2.22. The zero-order valence-corrected chi connectivity index (χ0v) is 5.19. The first-order valence-corrected chi connectivity index (χ1v) is 2.61. The Hall–Kier alpha value is -0.690. The molecule has 0 heterocycles. The van der Waals surface area contributed by atoms with Crippen LogP contribution in [0.1, 0.15) is 0 Å². The molecule has 0 aromatic rings. The monoisotopic (exact) mass is 150 g/mol. The highest BCUT2D eigenvalue weighted by atomic mass is 16.4. The Balaban J connectivity index is 3.81. The minimum absolute atomic E-state index is 0.686. The number of aliphatic hydroxyl groups excluding tert-OH is 3. The van der Waals surface area contributed by atoms with Crippen LogP contribution in [0.4, 0.5) is 0 Å². The molecule has 60 valence electrons. The summed E-state index contributed by atoms with van der Waals surface area (Å²) >= 11 is 0. The van der Waals surface area contributed by atoms with Crippen LogP contribution in [-0.4, -0.2) is 40.0 Å². The predicted molar refractivity (Wildman–Crippen MR) is 31.4 cm³/mol. The van der Waals surface area contributed by atoms with E-state index < -0.39 is 24.7 Å². The normalized spacial score (nSPS) is 16.0. The van der Waals surface area contributed by atoms with Gasteiger partial charge in [-0.3, -0.25) is 10.2 Å². The van der Waals surface area contributed by atoms with Crippen LogP contribution >= 0.6 is 0 Å². The second kappa shape index (κ2) is 4.18. The summed E-state index contributed by atoms with van der Waals surface area (Å²) in [6, 6.07) is 0. The molecule has 10 heavy (non-hydrogen) atoms. The number of carbonyl (C=O) groups is 1. The van der Waals surface area contributed by atoms with Crippen LogP contribution in [0.3, 0.4) is 0 Å². The molecule has 0 aromatic carbocycles. The van der Waals surface area contributed by atoms with Gasteiger partial charge in [0.05, 0.1) is 6.61 Å². The van der Waals surface area contributed by atoms with E-state index in [0.717, 1.165) is 0 Å². The van der Waals surface area contributed by atoms with Gasteiger partial charge in [-0.1, -0.05) is 0 Å². The van der Waals surface area contributed by atoms with Crippen LogP contribution in [0, 0.1) is 0 Å². The Morgan fingerprint density at radius 1 is 1.60 bits per heavy atom. The highest BCUT2D eigenvalue weighted by Crippen LogP contribution is 1.90. The Labute approximate surface area is 57.2 Å². The van der Waals surface area contributed by atoms with Crippen molar-refractivity contribution in [2.75, 3.05) is 6.61 Å². The molecule has 6 N–H and O–H groups in total. The summed E-state index contributed by atoms with van der Waals surface area (Å²) in [5.74, 6) is 3.68. The average Bonchev–Trinajstić information content (AvgIpc) is 2.00. The van der Waals surface area contributed by atoms with Gasteiger partial charge in [-0.05, 0) is 0 Å². The van der Waals surface area contributed by atoms with E-state index in [1.165, 1.54) is 0 Å². The Bertz CT molecular complexity index is 118. The number of hydrogen-bond acceptors (Lipinski definition) is 5. The lowest BCUT2D eigenvalue weighted by atomic mass is 10.2. The standard InChI is InChI=1S/C4H10N2O4/c5-6-4(10)3(9)2(8)1-7/h2-3,7-9H,1,5H2,(H,6,10)/t2-,3-/m1/s1.